The minimum Gasteiger partial charge on any atom is -0.369 e. The lowest BCUT2D eigenvalue weighted by Crippen LogP contribution is -2.45. The van der Waals surface area contributed by atoms with Crippen LogP contribution in [-0.4, -0.2) is 76.9 Å². The first-order valence-corrected chi connectivity index (χ1v) is 11.3. The largest absolute Gasteiger partial charge is 0.369 e. The molecule has 1 amide bonds. The van der Waals surface area contributed by atoms with Gasteiger partial charge in [-0.05, 0) is 32.5 Å². The minimum atomic E-state index is -0.312. The number of pyridine rings is 1. The molecular weight excluding hydrogens is 416 g/mol. The SMILES string of the molecule is CCN(CC(=O)N(C)C1=C(N(C)CCc2ccccn2)C(=O)c2ccccc2C1=O)C(C)C. The zero-order valence-corrected chi connectivity index (χ0v) is 20.0. The maximum absolute atomic E-state index is 13.5. The van der Waals surface area contributed by atoms with Crippen molar-refractivity contribution in [2.24, 2.45) is 0 Å². The number of amides is 1. The Morgan fingerprint density at radius 3 is 2.09 bits per heavy atom. The van der Waals surface area contributed by atoms with Gasteiger partial charge in [-0.1, -0.05) is 37.3 Å². The second-order valence-corrected chi connectivity index (χ2v) is 8.50. The first-order valence-electron chi connectivity index (χ1n) is 11.3. The summed E-state index contributed by atoms with van der Waals surface area (Å²) < 4.78 is 0. The van der Waals surface area contributed by atoms with Crippen molar-refractivity contribution in [3.8, 4) is 0 Å². The van der Waals surface area contributed by atoms with E-state index in [1.807, 2.05) is 43.9 Å². The molecule has 0 saturated carbocycles. The predicted molar refractivity (Wildman–Crippen MR) is 128 cm³/mol. The van der Waals surface area contributed by atoms with Crippen LogP contribution in [0.1, 0.15) is 47.2 Å². The van der Waals surface area contributed by atoms with E-state index in [0.717, 1.165) is 5.69 Å². The monoisotopic (exact) mass is 448 g/mol. The molecule has 0 saturated heterocycles. The molecular formula is C26H32N4O3. The average molecular weight is 449 g/mol. The smallest absolute Gasteiger partial charge is 0.241 e. The molecule has 3 rings (SSSR count). The Morgan fingerprint density at radius 2 is 1.55 bits per heavy atom. The van der Waals surface area contributed by atoms with Crippen molar-refractivity contribution in [1.82, 2.24) is 19.7 Å². The number of nitrogens with zero attached hydrogens (tertiary/aromatic N) is 4. The maximum atomic E-state index is 13.5. The van der Waals surface area contributed by atoms with Crippen molar-refractivity contribution in [1.29, 1.82) is 0 Å². The van der Waals surface area contributed by atoms with Crippen molar-refractivity contribution in [2.75, 3.05) is 33.7 Å². The van der Waals surface area contributed by atoms with Crippen LogP contribution in [0.25, 0.3) is 0 Å². The van der Waals surface area contributed by atoms with E-state index in [1.165, 1.54) is 4.90 Å². The number of hydrogen-bond donors (Lipinski definition) is 0. The maximum Gasteiger partial charge on any atom is 0.241 e. The molecule has 1 aliphatic rings. The third-order valence-electron chi connectivity index (χ3n) is 6.07. The number of fused-ring (bicyclic) bond motifs is 1. The predicted octanol–water partition coefficient (Wildman–Crippen LogP) is 3.04. The highest BCUT2D eigenvalue weighted by Gasteiger charge is 2.37. The summed E-state index contributed by atoms with van der Waals surface area (Å²) in [6.45, 7) is 7.41. The van der Waals surface area contributed by atoms with E-state index in [4.69, 9.17) is 0 Å². The Kier molecular flexibility index (Phi) is 7.76. The molecule has 1 aromatic heterocycles. The summed E-state index contributed by atoms with van der Waals surface area (Å²) in [7, 11) is 3.36. The second-order valence-electron chi connectivity index (χ2n) is 8.50. The van der Waals surface area contributed by atoms with Crippen molar-refractivity contribution >= 4 is 17.5 Å². The van der Waals surface area contributed by atoms with Crippen molar-refractivity contribution < 1.29 is 14.4 Å². The van der Waals surface area contributed by atoms with Crippen LogP contribution in [0.3, 0.4) is 0 Å². The fraction of sp³-hybridized carbons (Fsp3) is 0.385. The first-order chi connectivity index (χ1) is 15.8. The van der Waals surface area contributed by atoms with Gasteiger partial charge < -0.3 is 9.80 Å². The topological polar surface area (TPSA) is 73.8 Å². The van der Waals surface area contributed by atoms with Crippen molar-refractivity contribution in [2.45, 2.75) is 33.2 Å². The Labute approximate surface area is 195 Å². The molecule has 174 valence electrons. The number of ketones is 2. The second kappa shape index (κ2) is 10.5. The molecule has 0 radical (unpaired) electrons. The highest BCUT2D eigenvalue weighted by molar-refractivity contribution is 6.27. The molecule has 0 bridgehead atoms. The van der Waals surface area contributed by atoms with E-state index in [-0.39, 0.29) is 41.5 Å². The van der Waals surface area contributed by atoms with E-state index in [1.54, 1.807) is 49.5 Å². The van der Waals surface area contributed by atoms with Crippen molar-refractivity contribution in [3.05, 3.63) is 76.9 Å². The van der Waals surface area contributed by atoms with Gasteiger partial charge >= 0.3 is 0 Å². The lowest BCUT2D eigenvalue weighted by atomic mass is 9.89. The lowest BCUT2D eigenvalue weighted by molar-refractivity contribution is -0.129. The fourth-order valence-corrected chi connectivity index (χ4v) is 4.02. The summed E-state index contributed by atoms with van der Waals surface area (Å²) in [6.07, 6.45) is 2.33. The third kappa shape index (κ3) is 5.20. The van der Waals surface area contributed by atoms with Crippen LogP contribution < -0.4 is 0 Å². The van der Waals surface area contributed by atoms with Crippen LogP contribution in [0, 0.1) is 0 Å². The van der Waals surface area contributed by atoms with Crippen LogP contribution >= 0.6 is 0 Å². The van der Waals surface area contributed by atoms with Crippen LogP contribution in [0.15, 0.2) is 60.1 Å². The Balaban J connectivity index is 1.98. The van der Waals surface area contributed by atoms with E-state index in [9.17, 15) is 14.4 Å². The molecule has 0 aliphatic heterocycles. The zero-order valence-electron chi connectivity index (χ0n) is 20.0. The van der Waals surface area contributed by atoms with Crippen LogP contribution in [0.4, 0.5) is 0 Å². The number of likely N-dealkylation sites (N-methyl/N-ethyl adjacent to an activating group) is 3. The standard InChI is InChI=1S/C26H32N4O3/c1-6-30(18(2)3)17-22(31)29(5)24-23(28(4)16-14-19-11-9-10-15-27-19)25(32)20-12-7-8-13-21(20)26(24)33/h7-13,15,18H,6,14,16-17H2,1-5H3. The molecule has 7 nitrogen and oxygen atoms in total. The molecule has 1 aromatic carbocycles. The van der Waals surface area contributed by atoms with Crippen LogP contribution in [0.5, 0.6) is 0 Å². The number of Topliss-reactive ketones (excluding diaryl/α,β-unsaturated/α-hetero) is 2. The minimum absolute atomic E-state index is 0.132. The molecule has 1 aliphatic carbocycles. The molecule has 0 atom stereocenters. The molecule has 0 N–H and O–H groups in total. The molecule has 33 heavy (non-hydrogen) atoms. The van der Waals surface area contributed by atoms with Crippen molar-refractivity contribution in [3.63, 3.8) is 0 Å². The summed E-state index contributed by atoms with van der Waals surface area (Å²) in [5, 5.41) is 0. The Morgan fingerprint density at radius 1 is 0.939 bits per heavy atom. The van der Waals surface area contributed by atoms with Gasteiger partial charge in [0.15, 0.2) is 0 Å². The molecule has 7 heteroatoms. The zero-order chi connectivity index (χ0) is 24.1. The van der Waals surface area contributed by atoms with Crippen LogP contribution in [0.2, 0.25) is 0 Å². The number of allylic oxidation sites excluding steroid dienone is 2. The van der Waals surface area contributed by atoms with E-state index >= 15 is 0 Å². The highest BCUT2D eigenvalue weighted by Crippen LogP contribution is 2.29. The Bertz CT molecular complexity index is 1060. The summed E-state index contributed by atoms with van der Waals surface area (Å²) >= 11 is 0. The molecule has 1 heterocycles. The summed E-state index contributed by atoms with van der Waals surface area (Å²) in [5.41, 5.74) is 1.96. The molecule has 0 spiro atoms. The number of benzene rings is 1. The third-order valence-corrected chi connectivity index (χ3v) is 6.07. The lowest BCUT2D eigenvalue weighted by Gasteiger charge is -2.33. The quantitative estimate of drug-likeness (QED) is 0.587. The number of carbonyl (C=O) groups excluding carboxylic acids is 3. The normalized spacial score (nSPS) is 13.5. The number of rotatable bonds is 9. The van der Waals surface area contributed by atoms with Gasteiger partial charge in [0.25, 0.3) is 0 Å². The summed E-state index contributed by atoms with van der Waals surface area (Å²) in [5.74, 6) is -0.787. The Hall–Kier alpha value is -3.32. The van der Waals surface area contributed by atoms with Gasteiger partial charge in [0.2, 0.25) is 17.5 Å². The molecule has 0 fully saturated rings. The first kappa shape index (κ1) is 24.3. The van der Waals surface area contributed by atoms with Gasteiger partial charge in [0.1, 0.15) is 11.4 Å². The highest BCUT2D eigenvalue weighted by atomic mass is 16.2. The average Bonchev–Trinajstić information content (AvgIpc) is 2.82. The molecule has 2 aromatic rings. The summed E-state index contributed by atoms with van der Waals surface area (Å²) in [6, 6.07) is 12.7. The number of carbonyl (C=O) groups is 3. The van der Waals surface area contributed by atoms with E-state index < -0.39 is 0 Å². The van der Waals surface area contributed by atoms with E-state index in [0.29, 0.717) is 30.6 Å². The van der Waals surface area contributed by atoms with Gasteiger partial charge in [-0.2, -0.15) is 0 Å². The number of aromatic nitrogens is 1. The fourth-order valence-electron chi connectivity index (χ4n) is 4.02. The van der Waals surface area contributed by atoms with Crippen LogP contribution in [-0.2, 0) is 11.2 Å². The van der Waals surface area contributed by atoms with E-state index in [2.05, 4.69) is 4.98 Å². The van der Waals surface area contributed by atoms with Gasteiger partial charge in [-0.15, -0.1) is 0 Å². The van der Waals surface area contributed by atoms with Gasteiger partial charge in [0, 0.05) is 56.1 Å². The molecule has 0 unspecified atom stereocenters. The van der Waals surface area contributed by atoms with Gasteiger partial charge in [-0.25, -0.2) is 0 Å². The number of hydrogen-bond acceptors (Lipinski definition) is 6. The van der Waals surface area contributed by atoms with Gasteiger partial charge in [-0.3, -0.25) is 24.3 Å². The summed E-state index contributed by atoms with van der Waals surface area (Å²) in [4.78, 5) is 49.7. The van der Waals surface area contributed by atoms with Gasteiger partial charge in [0.05, 0.1) is 6.54 Å².